The van der Waals surface area contributed by atoms with E-state index in [1.54, 1.807) is 0 Å². The minimum atomic E-state index is -0.673. The van der Waals surface area contributed by atoms with E-state index in [1.165, 1.54) is 12.1 Å². The molecule has 0 unspecified atom stereocenters. The van der Waals surface area contributed by atoms with Crippen molar-refractivity contribution in [2.24, 2.45) is 10.8 Å². The second-order valence-corrected chi connectivity index (χ2v) is 3.38. The highest BCUT2D eigenvalue weighted by Crippen LogP contribution is 2.20. The summed E-state index contributed by atoms with van der Waals surface area (Å²) in [6.07, 6.45) is 0. The van der Waals surface area contributed by atoms with Crippen LogP contribution >= 0.6 is 0 Å². The van der Waals surface area contributed by atoms with Gasteiger partial charge in [-0.3, -0.25) is 20.0 Å². The quantitative estimate of drug-likeness (QED) is 0.350. The predicted octanol–water partition coefficient (Wildman–Crippen LogP) is -0.443. The maximum Gasteiger partial charge on any atom is 0.284 e. The molecule has 0 saturated heterocycles. The standard InChI is InChI=1S/C10H9FN4O2/c11-5-1-2-7-6(3-5)9(10(17)15-12)13-4-8(16)14-7/h1-3H,4,12H2,(H,14,16)(H,15,17). The van der Waals surface area contributed by atoms with Crippen molar-refractivity contribution in [2.45, 2.75) is 0 Å². The number of hydrogen-bond acceptors (Lipinski definition) is 4. The fourth-order valence-electron chi connectivity index (χ4n) is 1.51. The number of hydrazine groups is 1. The minimum absolute atomic E-state index is 0.0691. The van der Waals surface area contributed by atoms with Gasteiger partial charge in [-0.05, 0) is 18.2 Å². The van der Waals surface area contributed by atoms with Crippen molar-refractivity contribution in [2.75, 3.05) is 11.9 Å². The molecule has 17 heavy (non-hydrogen) atoms. The van der Waals surface area contributed by atoms with Crippen molar-refractivity contribution in [3.05, 3.63) is 29.6 Å². The molecule has 2 amide bonds. The number of nitrogens with one attached hydrogen (secondary N) is 2. The summed E-state index contributed by atoms with van der Waals surface area (Å²) in [7, 11) is 0. The average molecular weight is 236 g/mol. The third-order valence-corrected chi connectivity index (χ3v) is 2.24. The van der Waals surface area contributed by atoms with Gasteiger partial charge < -0.3 is 5.32 Å². The molecule has 0 spiro atoms. The lowest BCUT2D eigenvalue weighted by molar-refractivity contribution is -0.115. The van der Waals surface area contributed by atoms with E-state index in [2.05, 4.69) is 10.3 Å². The first kappa shape index (κ1) is 11.2. The van der Waals surface area contributed by atoms with Crippen LogP contribution in [0.3, 0.4) is 0 Å². The third-order valence-electron chi connectivity index (χ3n) is 2.24. The Bertz CT molecular complexity index is 527. The van der Waals surface area contributed by atoms with Gasteiger partial charge in [0, 0.05) is 5.56 Å². The Balaban J connectivity index is 2.57. The van der Waals surface area contributed by atoms with Gasteiger partial charge in [-0.1, -0.05) is 0 Å². The van der Waals surface area contributed by atoms with E-state index < -0.39 is 11.7 Å². The smallest absolute Gasteiger partial charge is 0.284 e. The molecule has 0 aliphatic carbocycles. The predicted molar refractivity (Wildman–Crippen MR) is 58.8 cm³/mol. The molecule has 6 nitrogen and oxygen atoms in total. The van der Waals surface area contributed by atoms with Gasteiger partial charge in [-0.15, -0.1) is 0 Å². The Morgan fingerprint density at radius 3 is 3.00 bits per heavy atom. The summed E-state index contributed by atoms with van der Waals surface area (Å²) in [5.41, 5.74) is 2.37. The highest BCUT2D eigenvalue weighted by Gasteiger charge is 2.21. The zero-order valence-electron chi connectivity index (χ0n) is 8.66. The first-order valence-corrected chi connectivity index (χ1v) is 4.77. The summed E-state index contributed by atoms with van der Waals surface area (Å²) in [5.74, 6) is 3.42. The van der Waals surface area contributed by atoms with Gasteiger partial charge in [0.2, 0.25) is 5.91 Å². The van der Waals surface area contributed by atoms with Crippen LogP contribution in [0.1, 0.15) is 5.56 Å². The van der Waals surface area contributed by atoms with Crippen LogP contribution in [0, 0.1) is 5.82 Å². The molecule has 1 aromatic rings. The lowest BCUT2D eigenvalue weighted by atomic mass is 10.1. The summed E-state index contributed by atoms with van der Waals surface area (Å²) in [6.45, 7) is -0.209. The lowest BCUT2D eigenvalue weighted by Crippen LogP contribution is -2.37. The highest BCUT2D eigenvalue weighted by molar-refractivity contribution is 6.47. The number of halogens is 1. The fraction of sp³-hybridized carbons (Fsp3) is 0.100. The number of fused-ring (bicyclic) bond motifs is 1. The van der Waals surface area contributed by atoms with Gasteiger partial charge in [0.05, 0.1) is 5.69 Å². The van der Waals surface area contributed by atoms with E-state index in [-0.39, 0.29) is 23.7 Å². The summed E-state index contributed by atoms with van der Waals surface area (Å²) in [4.78, 5) is 26.6. The zero-order valence-corrected chi connectivity index (χ0v) is 8.66. The van der Waals surface area contributed by atoms with Gasteiger partial charge in [0.1, 0.15) is 18.1 Å². The number of carbonyl (C=O) groups is 2. The molecule has 0 fully saturated rings. The Morgan fingerprint density at radius 1 is 1.53 bits per heavy atom. The Hall–Kier alpha value is -2.28. The molecule has 0 saturated carbocycles. The number of benzene rings is 1. The third kappa shape index (κ3) is 2.13. The molecule has 1 aliphatic heterocycles. The van der Waals surface area contributed by atoms with Gasteiger partial charge in [0.15, 0.2) is 0 Å². The molecule has 0 atom stereocenters. The molecule has 0 aromatic heterocycles. The number of anilines is 1. The van der Waals surface area contributed by atoms with E-state index >= 15 is 0 Å². The number of nitrogens with zero attached hydrogens (tertiary/aromatic N) is 1. The molecule has 0 bridgehead atoms. The van der Waals surface area contributed by atoms with E-state index in [0.29, 0.717) is 5.69 Å². The maximum absolute atomic E-state index is 13.1. The second kappa shape index (κ2) is 4.30. The van der Waals surface area contributed by atoms with Crippen molar-refractivity contribution in [1.82, 2.24) is 5.43 Å². The van der Waals surface area contributed by atoms with Crippen LogP contribution in [0.2, 0.25) is 0 Å². The SMILES string of the molecule is NNC(=O)C1=NCC(=O)Nc2ccc(F)cc21. The Morgan fingerprint density at radius 2 is 2.29 bits per heavy atom. The first-order chi connectivity index (χ1) is 8.11. The molecule has 1 aromatic carbocycles. The molecule has 0 radical (unpaired) electrons. The van der Waals surface area contributed by atoms with Crippen molar-refractivity contribution < 1.29 is 14.0 Å². The number of rotatable bonds is 1. The summed E-state index contributed by atoms with van der Waals surface area (Å²) in [6, 6.07) is 3.67. The molecule has 4 N–H and O–H groups in total. The van der Waals surface area contributed by atoms with E-state index in [1.807, 2.05) is 5.43 Å². The average Bonchev–Trinajstić information content (AvgIpc) is 2.47. The van der Waals surface area contributed by atoms with Crippen LogP contribution in [0.25, 0.3) is 0 Å². The molecule has 1 heterocycles. The topological polar surface area (TPSA) is 96.6 Å². The van der Waals surface area contributed by atoms with Crippen LogP contribution in [-0.2, 0) is 9.59 Å². The van der Waals surface area contributed by atoms with E-state index in [9.17, 15) is 14.0 Å². The summed E-state index contributed by atoms with van der Waals surface area (Å²) in [5, 5.41) is 2.52. The van der Waals surface area contributed by atoms with Crippen LogP contribution in [0.15, 0.2) is 23.2 Å². The van der Waals surface area contributed by atoms with Gasteiger partial charge >= 0.3 is 0 Å². The number of benzodiazepines with no additional fused rings is 1. The lowest BCUT2D eigenvalue weighted by Gasteiger charge is -2.08. The van der Waals surface area contributed by atoms with Crippen LogP contribution in [0.4, 0.5) is 10.1 Å². The van der Waals surface area contributed by atoms with Crippen LogP contribution in [-0.4, -0.2) is 24.1 Å². The van der Waals surface area contributed by atoms with Crippen molar-refractivity contribution in [3.63, 3.8) is 0 Å². The van der Waals surface area contributed by atoms with Crippen LogP contribution < -0.4 is 16.6 Å². The van der Waals surface area contributed by atoms with Crippen molar-refractivity contribution in [1.29, 1.82) is 0 Å². The Kier molecular flexibility index (Phi) is 2.84. The van der Waals surface area contributed by atoms with Gasteiger partial charge in [0.25, 0.3) is 5.91 Å². The number of aliphatic imine (C=N–C) groups is 1. The fourth-order valence-corrected chi connectivity index (χ4v) is 1.51. The normalized spacial score (nSPS) is 14.2. The van der Waals surface area contributed by atoms with Gasteiger partial charge in [-0.25, -0.2) is 10.2 Å². The molecule has 88 valence electrons. The zero-order chi connectivity index (χ0) is 12.4. The Labute approximate surface area is 95.7 Å². The summed E-state index contributed by atoms with van der Waals surface area (Å²) < 4.78 is 13.1. The number of carbonyl (C=O) groups excluding carboxylic acids is 2. The largest absolute Gasteiger partial charge is 0.324 e. The molecule has 2 rings (SSSR count). The molecular formula is C10H9FN4O2. The van der Waals surface area contributed by atoms with Crippen LogP contribution in [0.5, 0.6) is 0 Å². The van der Waals surface area contributed by atoms with Gasteiger partial charge in [-0.2, -0.15) is 0 Å². The second-order valence-electron chi connectivity index (χ2n) is 3.38. The number of hydrogen-bond donors (Lipinski definition) is 3. The van der Waals surface area contributed by atoms with E-state index in [0.717, 1.165) is 6.07 Å². The minimum Gasteiger partial charge on any atom is -0.324 e. The molecule has 7 heteroatoms. The maximum atomic E-state index is 13.1. The van der Waals surface area contributed by atoms with Crippen molar-refractivity contribution in [3.8, 4) is 0 Å². The van der Waals surface area contributed by atoms with E-state index in [4.69, 9.17) is 5.84 Å². The number of amides is 2. The summed E-state index contributed by atoms with van der Waals surface area (Å²) >= 11 is 0. The first-order valence-electron chi connectivity index (χ1n) is 4.77. The molecular weight excluding hydrogens is 227 g/mol. The van der Waals surface area contributed by atoms with Crippen molar-refractivity contribution >= 4 is 23.2 Å². The molecule has 1 aliphatic rings. The number of nitrogens with two attached hydrogens (primary N) is 1. The monoisotopic (exact) mass is 236 g/mol. The highest BCUT2D eigenvalue weighted by atomic mass is 19.1.